The summed E-state index contributed by atoms with van der Waals surface area (Å²) in [4.78, 5) is 4.21. The van der Waals surface area contributed by atoms with E-state index in [0.29, 0.717) is 17.7 Å². The predicted molar refractivity (Wildman–Crippen MR) is 75.9 cm³/mol. The van der Waals surface area contributed by atoms with Gasteiger partial charge in [0, 0.05) is 22.6 Å². The average Bonchev–Trinajstić information content (AvgIpc) is 2.99. The van der Waals surface area contributed by atoms with Crippen molar-refractivity contribution >= 4 is 15.9 Å². The van der Waals surface area contributed by atoms with Gasteiger partial charge in [-0.05, 0) is 31.4 Å². The van der Waals surface area contributed by atoms with E-state index in [9.17, 15) is 4.39 Å². The molecule has 0 aliphatic carbocycles. The van der Waals surface area contributed by atoms with Crippen molar-refractivity contribution in [3.8, 4) is 0 Å². The Morgan fingerprint density at radius 2 is 2.30 bits per heavy atom. The Bertz CT molecular complexity index is 603. The van der Waals surface area contributed by atoms with Crippen LogP contribution in [0.4, 0.5) is 4.39 Å². The van der Waals surface area contributed by atoms with Crippen molar-refractivity contribution in [2.75, 3.05) is 6.61 Å². The molecule has 2 atom stereocenters. The standard InChI is InChI=1S/C14H15BrFN3O/c1-8-11(15)5-4-9(12(8)16)13-10(3-2-6-20-13)14-17-7-18-19-14/h4-5,7,10,13H,2-3,6H2,1H3,(H,17,18,19). The molecular formula is C14H15BrFN3O. The van der Waals surface area contributed by atoms with Gasteiger partial charge >= 0.3 is 0 Å². The zero-order chi connectivity index (χ0) is 14.1. The van der Waals surface area contributed by atoms with E-state index < -0.39 is 0 Å². The van der Waals surface area contributed by atoms with Gasteiger partial charge in [-0.3, -0.25) is 5.10 Å². The maximum Gasteiger partial charge on any atom is 0.137 e. The molecular weight excluding hydrogens is 325 g/mol. The third-order valence-electron chi connectivity index (χ3n) is 3.76. The fourth-order valence-electron chi connectivity index (χ4n) is 2.66. The molecule has 2 heterocycles. The summed E-state index contributed by atoms with van der Waals surface area (Å²) in [7, 11) is 0. The monoisotopic (exact) mass is 339 g/mol. The van der Waals surface area contributed by atoms with Crippen molar-refractivity contribution in [1.29, 1.82) is 0 Å². The highest BCUT2D eigenvalue weighted by molar-refractivity contribution is 9.10. The fraction of sp³-hybridized carbons (Fsp3) is 0.429. The first kappa shape index (κ1) is 13.7. The van der Waals surface area contributed by atoms with Crippen LogP contribution in [0.25, 0.3) is 0 Å². The average molecular weight is 340 g/mol. The van der Waals surface area contributed by atoms with E-state index in [4.69, 9.17) is 4.74 Å². The van der Waals surface area contributed by atoms with Crippen LogP contribution in [0.2, 0.25) is 0 Å². The van der Waals surface area contributed by atoms with Gasteiger partial charge in [0.25, 0.3) is 0 Å². The molecule has 0 amide bonds. The summed E-state index contributed by atoms with van der Waals surface area (Å²) < 4.78 is 21.1. The molecule has 1 saturated heterocycles. The topological polar surface area (TPSA) is 50.8 Å². The number of nitrogens with one attached hydrogen (secondary N) is 1. The number of aromatic nitrogens is 3. The van der Waals surface area contributed by atoms with Crippen LogP contribution in [-0.2, 0) is 4.74 Å². The van der Waals surface area contributed by atoms with Crippen molar-refractivity contribution in [2.45, 2.75) is 31.8 Å². The van der Waals surface area contributed by atoms with Crippen molar-refractivity contribution in [3.05, 3.63) is 45.7 Å². The lowest BCUT2D eigenvalue weighted by atomic mass is 9.88. The van der Waals surface area contributed by atoms with Crippen LogP contribution < -0.4 is 0 Å². The molecule has 3 rings (SSSR count). The first-order chi connectivity index (χ1) is 9.68. The second-order valence-corrected chi connectivity index (χ2v) is 5.84. The summed E-state index contributed by atoms with van der Waals surface area (Å²) in [5.41, 5.74) is 1.19. The number of nitrogens with zero attached hydrogens (tertiary/aromatic N) is 2. The van der Waals surface area contributed by atoms with Crippen molar-refractivity contribution in [2.24, 2.45) is 0 Å². The van der Waals surface area contributed by atoms with Crippen molar-refractivity contribution in [1.82, 2.24) is 15.2 Å². The molecule has 4 nitrogen and oxygen atoms in total. The lowest BCUT2D eigenvalue weighted by molar-refractivity contribution is -0.00645. The van der Waals surface area contributed by atoms with Gasteiger partial charge < -0.3 is 4.74 Å². The molecule has 1 fully saturated rings. The van der Waals surface area contributed by atoms with Crippen LogP contribution in [0.3, 0.4) is 0 Å². The summed E-state index contributed by atoms with van der Waals surface area (Å²) in [6.07, 6.45) is 3.01. The van der Waals surface area contributed by atoms with Crippen LogP contribution in [0.15, 0.2) is 22.9 Å². The number of benzene rings is 1. The first-order valence-corrected chi connectivity index (χ1v) is 7.39. The van der Waals surface area contributed by atoms with Crippen LogP contribution in [0.5, 0.6) is 0 Å². The molecule has 106 valence electrons. The highest BCUT2D eigenvalue weighted by atomic mass is 79.9. The number of hydrogen-bond acceptors (Lipinski definition) is 3. The largest absolute Gasteiger partial charge is 0.373 e. The number of ether oxygens (including phenoxy) is 1. The fourth-order valence-corrected chi connectivity index (χ4v) is 2.97. The normalized spacial score (nSPS) is 22.9. The molecule has 0 radical (unpaired) electrons. The minimum absolute atomic E-state index is 0.0151. The highest BCUT2D eigenvalue weighted by Crippen LogP contribution is 2.41. The van der Waals surface area contributed by atoms with E-state index in [1.54, 1.807) is 13.0 Å². The van der Waals surface area contributed by atoms with E-state index in [1.807, 2.05) is 6.07 Å². The molecule has 1 aliphatic heterocycles. The Hall–Kier alpha value is -1.27. The quantitative estimate of drug-likeness (QED) is 0.908. The van der Waals surface area contributed by atoms with Gasteiger partial charge in [-0.15, -0.1) is 0 Å². The summed E-state index contributed by atoms with van der Waals surface area (Å²) >= 11 is 3.35. The third-order valence-corrected chi connectivity index (χ3v) is 4.62. The molecule has 1 aromatic heterocycles. The molecule has 0 saturated carbocycles. The first-order valence-electron chi connectivity index (χ1n) is 6.60. The molecule has 1 aliphatic rings. The number of rotatable bonds is 2. The van der Waals surface area contributed by atoms with E-state index in [-0.39, 0.29) is 17.8 Å². The Morgan fingerprint density at radius 1 is 1.45 bits per heavy atom. The zero-order valence-electron chi connectivity index (χ0n) is 11.1. The van der Waals surface area contributed by atoms with Gasteiger partial charge in [-0.1, -0.05) is 22.0 Å². The molecule has 2 aromatic rings. The summed E-state index contributed by atoms with van der Waals surface area (Å²) in [5, 5.41) is 6.77. The maximum absolute atomic E-state index is 14.5. The Labute approximate surface area is 124 Å². The summed E-state index contributed by atoms with van der Waals surface area (Å²) in [5.74, 6) is 0.562. The molecule has 6 heteroatoms. The van der Waals surface area contributed by atoms with Crippen LogP contribution in [-0.4, -0.2) is 21.8 Å². The van der Waals surface area contributed by atoms with Gasteiger partial charge in [0.15, 0.2) is 0 Å². The molecule has 1 N–H and O–H groups in total. The van der Waals surface area contributed by atoms with E-state index in [1.165, 1.54) is 6.33 Å². The summed E-state index contributed by atoms with van der Waals surface area (Å²) in [6.45, 7) is 2.40. The van der Waals surface area contributed by atoms with Gasteiger partial charge in [-0.2, -0.15) is 5.10 Å². The molecule has 20 heavy (non-hydrogen) atoms. The SMILES string of the molecule is Cc1c(Br)ccc(C2OCCCC2c2ncn[nH]2)c1F. The van der Waals surface area contributed by atoms with Crippen molar-refractivity contribution in [3.63, 3.8) is 0 Å². The lowest BCUT2D eigenvalue weighted by Crippen LogP contribution is -2.23. The number of hydrogen-bond donors (Lipinski definition) is 1. The van der Waals surface area contributed by atoms with Gasteiger partial charge in [0.1, 0.15) is 18.0 Å². The minimum atomic E-state index is -0.316. The van der Waals surface area contributed by atoms with E-state index in [2.05, 4.69) is 31.1 Å². The number of halogens is 2. The molecule has 0 spiro atoms. The Kier molecular flexibility index (Phi) is 3.85. The molecule has 2 unspecified atom stereocenters. The van der Waals surface area contributed by atoms with Gasteiger partial charge in [0.05, 0.1) is 6.10 Å². The van der Waals surface area contributed by atoms with Crippen LogP contribution in [0, 0.1) is 12.7 Å². The van der Waals surface area contributed by atoms with E-state index in [0.717, 1.165) is 23.1 Å². The van der Waals surface area contributed by atoms with Crippen LogP contribution >= 0.6 is 15.9 Å². The van der Waals surface area contributed by atoms with Gasteiger partial charge in [-0.25, -0.2) is 9.37 Å². The van der Waals surface area contributed by atoms with E-state index >= 15 is 0 Å². The summed E-state index contributed by atoms with van der Waals surface area (Å²) in [6, 6.07) is 3.65. The smallest absolute Gasteiger partial charge is 0.137 e. The molecule has 1 aromatic carbocycles. The predicted octanol–water partition coefficient (Wildman–Crippen LogP) is 3.65. The van der Waals surface area contributed by atoms with Gasteiger partial charge in [0.2, 0.25) is 0 Å². The number of H-pyrrole nitrogens is 1. The maximum atomic E-state index is 14.5. The number of aromatic amines is 1. The lowest BCUT2D eigenvalue weighted by Gasteiger charge is -2.31. The second kappa shape index (κ2) is 5.61. The Morgan fingerprint density at radius 3 is 3.05 bits per heavy atom. The van der Waals surface area contributed by atoms with Crippen LogP contribution in [0.1, 0.15) is 41.8 Å². The third kappa shape index (κ3) is 2.38. The molecule has 0 bridgehead atoms. The highest BCUT2D eigenvalue weighted by Gasteiger charge is 2.33. The zero-order valence-corrected chi connectivity index (χ0v) is 12.7. The van der Waals surface area contributed by atoms with Crippen molar-refractivity contribution < 1.29 is 9.13 Å². The minimum Gasteiger partial charge on any atom is -0.373 e. The second-order valence-electron chi connectivity index (χ2n) is 4.99. The Balaban J connectivity index is 2.00.